The second kappa shape index (κ2) is 10.6. The molecule has 1 aromatic carbocycles. The average Bonchev–Trinajstić information content (AvgIpc) is 3.65. The van der Waals surface area contributed by atoms with E-state index in [0.29, 0.717) is 49.2 Å². The van der Waals surface area contributed by atoms with Gasteiger partial charge in [0, 0.05) is 60.7 Å². The van der Waals surface area contributed by atoms with E-state index < -0.39 is 21.6 Å². The van der Waals surface area contributed by atoms with Crippen molar-refractivity contribution in [2.45, 2.75) is 67.3 Å². The molecule has 0 spiro atoms. The summed E-state index contributed by atoms with van der Waals surface area (Å²) in [6, 6.07) is 8.73. The lowest BCUT2D eigenvalue weighted by Crippen LogP contribution is -2.51. The molecule has 14 heteroatoms. The summed E-state index contributed by atoms with van der Waals surface area (Å²) >= 11 is 1.06. The molecule has 9 nitrogen and oxygen atoms in total. The van der Waals surface area contributed by atoms with E-state index in [1.165, 1.54) is 18.9 Å². The summed E-state index contributed by atoms with van der Waals surface area (Å²) in [6.07, 6.45) is 0.580. The molecule has 5 aliphatic rings. The Bertz CT molecular complexity index is 1690. The van der Waals surface area contributed by atoms with Crippen molar-refractivity contribution >= 4 is 38.5 Å². The van der Waals surface area contributed by atoms with Gasteiger partial charge in [-0.05, 0) is 61.4 Å². The standard InChI is InChI=1S/C30H33F3N6O3S2/c31-30(32,33)23-11-34-29(36-24-6-5-20(9-22(24)17-1-2-17)39-12-18-3-4-19(13-39)35-18)37-28(23)25-10-27-26(43-25)14-38(21-15-42-16-21)7-8-44(27,40)41/h5-6,9-11,17-19,21,35H,1-4,7-8,12-16H2,(H,34,36,37). The molecule has 2 atom stereocenters. The minimum atomic E-state index is -4.72. The largest absolute Gasteiger partial charge is 0.420 e. The molecule has 2 N–H and O–H groups in total. The van der Waals surface area contributed by atoms with Gasteiger partial charge in [-0.3, -0.25) is 4.90 Å². The van der Waals surface area contributed by atoms with Crippen LogP contribution in [-0.2, 0) is 27.3 Å². The molecule has 4 fully saturated rings. The summed E-state index contributed by atoms with van der Waals surface area (Å²) in [5.41, 5.74) is 1.75. The zero-order valence-corrected chi connectivity index (χ0v) is 25.6. The van der Waals surface area contributed by atoms with Gasteiger partial charge < -0.3 is 20.3 Å². The molecule has 1 saturated carbocycles. The zero-order valence-electron chi connectivity index (χ0n) is 23.9. The van der Waals surface area contributed by atoms with E-state index in [0.717, 1.165) is 60.4 Å². The van der Waals surface area contributed by atoms with Crippen LogP contribution in [0, 0.1) is 0 Å². The molecule has 6 heterocycles. The molecule has 3 saturated heterocycles. The van der Waals surface area contributed by atoms with Gasteiger partial charge in [-0.15, -0.1) is 11.3 Å². The minimum Gasteiger partial charge on any atom is -0.378 e. The van der Waals surface area contributed by atoms with Gasteiger partial charge >= 0.3 is 6.18 Å². The van der Waals surface area contributed by atoms with E-state index >= 15 is 0 Å². The lowest BCUT2D eigenvalue weighted by atomic mass is 10.1. The Morgan fingerprint density at radius 3 is 2.52 bits per heavy atom. The third-order valence-corrected chi connectivity index (χ3v) is 12.5. The van der Waals surface area contributed by atoms with Crippen LogP contribution in [0.25, 0.3) is 10.6 Å². The van der Waals surface area contributed by atoms with Crippen molar-refractivity contribution in [2.75, 3.05) is 48.8 Å². The number of fused-ring (bicyclic) bond motifs is 3. The number of alkyl halides is 3. The number of benzene rings is 1. The fraction of sp³-hybridized carbons (Fsp3) is 0.533. The highest BCUT2D eigenvalue weighted by molar-refractivity contribution is 7.91. The summed E-state index contributed by atoms with van der Waals surface area (Å²) in [5, 5.41) is 6.87. The van der Waals surface area contributed by atoms with Crippen LogP contribution in [0.1, 0.15) is 47.6 Å². The van der Waals surface area contributed by atoms with Crippen molar-refractivity contribution in [3.63, 3.8) is 0 Å². The van der Waals surface area contributed by atoms with E-state index in [4.69, 9.17) is 4.74 Å². The van der Waals surface area contributed by atoms with Crippen LogP contribution in [-0.4, -0.2) is 80.0 Å². The van der Waals surface area contributed by atoms with Crippen molar-refractivity contribution in [2.24, 2.45) is 0 Å². The number of nitrogens with zero attached hydrogens (tertiary/aromatic N) is 4. The number of halogens is 3. The van der Waals surface area contributed by atoms with Gasteiger partial charge in [0.15, 0.2) is 9.84 Å². The highest BCUT2D eigenvalue weighted by Crippen LogP contribution is 2.46. The van der Waals surface area contributed by atoms with E-state index in [1.54, 1.807) is 0 Å². The van der Waals surface area contributed by atoms with Crippen molar-refractivity contribution in [1.29, 1.82) is 0 Å². The van der Waals surface area contributed by atoms with Crippen LogP contribution in [0.2, 0.25) is 0 Å². The second-order valence-corrected chi connectivity index (χ2v) is 15.8. The lowest BCUT2D eigenvalue weighted by molar-refractivity contribution is -0.137. The molecular formula is C30H33F3N6O3S2. The van der Waals surface area contributed by atoms with Crippen LogP contribution in [0.3, 0.4) is 0 Å². The van der Waals surface area contributed by atoms with E-state index in [-0.39, 0.29) is 33.2 Å². The number of sulfone groups is 1. The monoisotopic (exact) mass is 646 g/mol. The Balaban J connectivity index is 1.13. The normalized spacial score (nSPS) is 25.4. The number of hydrogen-bond donors (Lipinski definition) is 2. The lowest BCUT2D eigenvalue weighted by Gasteiger charge is -2.36. The van der Waals surface area contributed by atoms with Crippen LogP contribution >= 0.6 is 11.3 Å². The van der Waals surface area contributed by atoms with E-state index in [2.05, 4.69) is 37.6 Å². The van der Waals surface area contributed by atoms with Gasteiger partial charge in [0.05, 0.1) is 40.5 Å². The first-order valence-electron chi connectivity index (χ1n) is 15.1. The Kier molecular flexibility index (Phi) is 6.94. The third kappa shape index (κ3) is 5.38. The molecule has 44 heavy (non-hydrogen) atoms. The van der Waals surface area contributed by atoms with Gasteiger partial charge in [0.1, 0.15) is 5.56 Å². The smallest absolute Gasteiger partial charge is 0.378 e. The van der Waals surface area contributed by atoms with Crippen LogP contribution in [0.4, 0.5) is 30.5 Å². The number of nitrogens with one attached hydrogen (secondary N) is 2. The summed E-state index contributed by atoms with van der Waals surface area (Å²) in [7, 11) is -3.67. The number of piperazine rings is 1. The number of aromatic nitrogens is 2. The average molecular weight is 647 g/mol. The van der Waals surface area contributed by atoms with Crippen molar-refractivity contribution in [1.82, 2.24) is 20.2 Å². The minimum absolute atomic E-state index is 0.0440. The number of rotatable bonds is 6. The number of anilines is 3. The molecule has 4 aliphatic heterocycles. The van der Waals surface area contributed by atoms with Crippen LogP contribution < -0.4 is 15.5 Å². The molecule has 8 rings (SSSR count). The molecule has 234 valence electrons. The molecule has 1 aliphatic carbocycles. The molecule has 0 radical (unpaired) electrons. The second-order valence-electron chi connectivity index (χ2n) is 12.5. The molecule has 3 aromatic rings. The van der Waals surface area contributed by atoms with Crippen molar-refractivity contribution < 1.29 is 26.3 Å². The molecule has 2 unspecified atom stereocenters. The molecule has 2 bridgehead atoms. The fourth-order valence-corrected chi connectivity index (χ4v) is 9.89. The van der Waals surface area contributed by atoms with E-state index in [1.807, 2.05) is 11.0 Å². The maximum absolute atomic E-state index is 14.2. The molecule has 2 aromatic heterocycles. The number of thiophene rings is 1. The maximum Gasteiger partial charge on any atom is 0.420 e. The third-order valence-electron chi connectivity index (χ3n) is 9.44. The zero-order chi connectivity index (χ0) is 30.2. The predicted octanol–water partition coefficient (Wildman–Crippen LogP) is 4.77. The van der Waals surface area contributed by atoms with Crippen LogP contribution in [0.15, 0.2) is 35.4 Å². The first-order chi connectivity index (χ1) is 21.1. The Morgan fingerprint density at radius 1 is 1.07 bits per heavy atom. The Hall–Kier alpha value is -2.78. The summed E-state index contributed by atoms with van der Waals surface area (Å²) in [4.78, 5) is 13.7. The van der Waals surface area contributed by atoms with Crippen molar-refractivity contribution in [3.05, 3.63) is 46.5 Å². The SMILES string of the molecule is O=S1(=O)CCN(C2COC2)Cc2sc(-c3nc(Nc4ccc(N5CC6CCC(C5)N6)cc4C4CC4)ncc3C(F)(F)F)cc21. The van der Waals surface area contributed by atoms with Gasteiger partial charge in [-0.25, -0.2) is 18.4 Å². The molecular weight excluding hydrogens is 613 g/mol. The molecule has 0 amide bonds. The summed E-state index contributed by atoms with van der Waals surface area (Å²) in [6.45, 7) is 3.67. The van der Waals surface area contributed by atoms with Gasteiger partial charge in [0.2, 0.25) is 5.95 Å². The fourth-order valence-electron chi connectivity index (χ4n) is 6.82. The quantitative estimate of drug-likeness (QED) is 0.392. The van der Waals surface area contributed by atoms with E-state index in [9.17, 15) is 21.6 Å². The topological polar surface area (TPSA) is 99.7 Å². The Labute approximate surface area is 257 Å². The first kappa shape index (κ1) is 28.7. The Morgan fingerprint density at radius 2 is 1.84 bits per heavy atom. The summed E-state index contributed by atoms with van der Waals surface area (Å²) in [5.74, 6) is 0.334. The van der Waals surface area contributed by atoms with Gasteiger partial charge in [-0.2, -0.15) is 13.2 Å². The highest BCUT2D eigenvalue weighted by atomic mass is 32.2. The highest BCUT2D eigenvalue weighted by Gasteiger charge is 2.39. The van der Waals surface area contributed by atoms with Gasteiger partial charge in [0.25, 0.3) is 0 Å². The maximum atomic E-state index is 14.2. The summed E-state index contributed by atoms with van der Waals surface area (Å²) < 4.78 is 74.3. The number of ether oxygens (including phenoxy) is 1. The predicted molar refractivity (Wildman–Crippen MR) is 161 cm³/mol. The van der Waals surface area contributed by atoms with Crippen molar-refractivity contribution in [3.8, 4) is 10.6 Å². The van der Waals surface area contributed by atoms with Crippen LogP contribution in [0.5, 0.6) is 0 Å². The number of hydrogen-bond acceptors (Lipinski definition) is 10. The first-order valence-corrected chi connectivity index (χ1v) is 17.6. The van der Waals surface area contributed by atoms with Gasteiger partial charge in [-0.1, -0.05) is 0 Å².